The van der Waals surface area contributed by atoms with E-state index in [9.17, 15) is 24.3 Å². The van der Waals surface area contributed by atoms with Crippen LogP contribution in [0.1, 0.15) is 24.6 Å². The number of amides is 1. The molecular formula is C23H23N3O6. The monoisotopic (exact) mass is 437 g/mol. The summed E-state index contributed by atoms with van der Waals surface area (Å²) in [6.45, 7) is 1.24. The second kappa shape index (κ2) is 10.3. The zero-order valence-electron chi connectivity index (χ0n) is 17.4. The van der Waals surface area contributed by atoms with Gasteiger partial charge in [0.2, 0.25) is 0 Å². The minimum atomic E-state index is -1.31. The van der Waals surface area contributed by atoms with Gasteiger partial charge in [-0.05, 0) is 23.3 Å². The van der Waals surface area contributed by atoms with Gasteiger partial charge in [-0.2, -0.15) is 0 Å². The summed E-state index contributed by atoms with van der Waals surface area (Å²) in [5, 5.41) is 13.8. The van der Waals surface area contributed by atoms with Crippen LogP contribution < -0.4 is 5.32 Å². The Morgan fingerprint density at radius 1 is 1.09 bits per heavy atom. The maximum atomic E-state index is 13.0. The Morgan fingerprint density at radius 3 is 2.53 bits per heavy atom. The molecule has 9 nitrogen and oxygen atoms in total. The summed E-state index contributed by atoms with van der Waals surface area (Å²) in [7, 11) is 0. The molecule has 3 rings (SSSR count). The van der Waals surface area contributed by atoms with E-state index in [1.807, 2.05) is 36.4 Å². The van der Waals surface area contributed by atoms with E-state index >= 15 is 0 Å². The largest absolute Gasteiger partial charge is 0.480 e. The highest BCUT2D eigenvalue weighted by atomic mass is 16.5. The van der Waals surface area contributed by atoms with Gasteiger partial charge in [-0.1, -0.05) is 42.5 Å². The number of carboxylic acids is 1. The van der Waals surface area contributed by atoms with Crippen LogP contribution in [0.2, 0.25) is 0 Å². The number of esters is 1. The van der Waals surface area contributed by atoms with Gasteiger partial charge in [0.05, 0.1) is 6.33 Å². The number of H-pyrrole nitrogens is 1. The van der Waals surface area contributed by atoms with Gasteiger partial charge in [-0.25, -0.2) is 9.78 Å². The molecule has 0 saturated carbocycles. The molecule has 166 valence electrons. The fourth-order valence-electron chi connectivity index (χ4n) is 3.34. The van der Waals surface area contributed by atoms with Crippen molar-refractivity contribution >= 4 is 34.4 Å². The van der Waals surface area contributed by atoms with Crippen LogP contribution in [0.4, 0.5) is 0 Å². The van der Waals surface area contributed by atoms with Gasteiger partial charge < -0.3 is 20.1 Å². The molecule has 0 radical (unpaired) electrons. The Kier molecular flexibility index (Phi) is 7.33. The van der Waals surface area contributed by atoms with Crippen LogP contribution in [0.3, 0.4) is 0 Å². The summed E-state index contributed by atoms with van der Waals surface area (Å²) in [6, 6.07) is 11.8. The summed E-state index contributed by atoms with van der Waals surface area (Å²) < 4.78 is 5.31. The van der Waals surface area contributed by atoms with Crippen LogP contribution in [0.15, 0.2) is 55.0 Å². The molecule has 32 heavy (non-hydrogen) atoms. The van der Waals surface area contributed by atoms with Gasteiger partial charge >= 0.3 is 11.9 Å². The van der Waals surface area contributed by atoms with Crippen molar-refractivity contribution in [1.82, 2.24) is 15.3 Å². The van der Waals surface area contributed by atoms with Gasteiger partial charge in [0.25, 0.3) is 5.91 Å². The van der Waals surface area contributed by atoms with Crippen molar-refractivity contribution in [3.8, 4) is 0 Å². The normalized spacial score (nSPS) is 12.7. The predicted molar refractivity (Wildman–Crippen MR) is 115 cm³/mol. The third-order valence-electron chi connectivity index (χ3n) is 4.84. The summed E-state index contributed by atoms with van der Waals surface area (Å²) in [4.78, 5) is 54.7. The molecule has 0 fully saturated rings. The first-order valence-corrected chi connectivity index (χ1v) is 9.99. The van der Waals surface area contributed by atoms with E-state index in [0.717, 1.165) is 16.3 Å². The van der Waals surface area contributed by atoms with Gasteiger partial charge in [-0.3, -0.25) is 14.4 Å². The smallest absolute Gasteiger partial charge is 0.326 e. The minimum Gasteiger partial charge on any atom is -0.480 e. The van der Waals surface area contributed by atoms with E-state index in [2.05, 4.69) is 15.3 Å². The van der Waals surface area contributed by atoms with Gasteiger partial charge in [0, 0.05) is 24.7 Å². The van der Waals surface area contributed by atoms with Crippen molar-refractivity contribution in [2.45, 2.75) is 38.3 Å². The van der Waals surface area contributed by atoms with Gasteiger partial charge in [-0.15, -0.1) is 0 Å². The Morgan fingerprint density at radius 2 is 1.84 bits per heavy atom. The molecule has 3 N–H and O–H groups in total. The SMILES string of the molecule is CC(=O)CC(=O)OC(Cc1cccc2ccccc12)C(=O)N[C@@H](Cc1cnc[nH]1)C(=O)O. The molecule has 0 aliphatic heterocycles. The summed E-state index contributed by atoms with van der Waals surface area (Å²) in [6.07, 6.45) is 1.08. The number of ketones is 1. The molecular weight excluding hydrogens is 414 g/mol. The number of imidazole rings is 1. The first kappa shape index (κ1) is 22.7. The van der Waals surface area contributed by atoms with Crippen molar-refractivity contribution in [1.29, 1.82) is 0 Å². The van der Waals surface area contributed by atoms with Crippen LogP contribution >= 0.6 is 0 Å². The summed E-state index contributed by atoms with van der Waals surface area (Å²) in [5.41, 5.74) is 1.27. The molecule has 1 aromatic heterocycles. The van der Waals surface area contributed by atoms with Gasteiger partial charge in [0.15, 0.2) is 6.10 Å². The van der Waals surface area contributed by atoms with E-state index in [1.54, 1.807) is 6.07 Å². The van der Waals surface area contributed by atoms with Crippen LogP contribution in [0, 0.1) is 0 Å². The average molecular weight is 437 g/mol. The van der Waals surface area contributed by atoms with Crippen molar-refractivity contribution in [2.24, 2.45) is 0 Å². The third-order valence-corrected chi connectivity index (χ3v) is 4.84. The molecule has 9 heteroatoms. The Hall–Kier alpha value is -4.01. The van der Waals surface area contributed by atoms with Crippen molar-refractivity contribution < 1.29 is 29.0 Å². The number of aliphatic carboxylic acids is 1. The number of aromatic nitrogens is 2. The van der Waals surface area contributed by atoms with Crippen LogP contribution in [-0.4, -0.2) is 50.8 Å². The number of ether oxygens (including phenoxy) is 1. The average Bonchev–Trinajstić information content (AvgIpc) is 3.25. The molecule has 2 aromatic carbocycles. The van der Waals surface area contributed by atoms with Crippen molar-refractivity contribution in [3.63, 3.8) is 0 Å². The molecule has 2 atom stereocenters. The second-order valence-electron chi connectivity index (χ2n) is 7.38. The van der Waals surface area contributed by atoms with E-state index < -0.39 is 42.2 Å². The molecule has 1 heterocycles. The molecule has 0 bridgehead atoms. The lowest BCUT2D eigenvalue weighted by Crippen LogP contribution is -2.48. The number of carbonyl (C=O) groups is 4. The van der Waals surface area contributed by atoms with E-state index in [0.29, 0.717) is 5.69 Å². The zero-order chi connectivity index (χ0) is 23.1. The standard InChI is InChI=1S/C23H23N3O6/c1-14(27)9-21(28)32-20(10-16-7-4-6-15-5-2-3-8-18(15)16)22(29)26-19(23(30)31)11-17-12-24-13-25-17/h2-8,12-13,19-20H,9-11H2,1H3,(H,24,25)(H,26,29)(H,30,31)/t19-,20?/m0/s1. The second-order valence-corrected chi connectivity index (χ2v) is 7.38. The number of carboxylic acid groups (broad SMARTS) is 1. The summed E-state index contributed by atoms with van der Waals surface area (Å²) >= 11 is 0. The molecule has 0 saturated heterocycles. The fraction of sp³-hybridized carbons (Fsp3) is 0.261. The number of Topliss-reactive ketones (excluding diaryl/α,β-unsaturated/α-hetero) is 1. The highest BCUT2D eigenvalue weighted by molar-refractivity contribution is 5.96. The highest BCUT2D eigenvalue weighted by Crippen LogP contribution is 2.21. The fourth-order valence-corrected chi connectivity index (χ4v) is 3.34. The molecule has 1 unspecified atom stereocenters. The topological polar surface area (TPSA) is 138 Å². The number of rotatable bonds is 10. The molecule has 0 spiro atoms. The minimum absolute atomic E-state index is 0.0211. The molecule has 0 aliphatic rings. The lowest BCUT2D eigenvalue weighted by Gasteiger charge is -2.21. The number of benzene rings is 2. The lowest BCUT2D eigenvalue weighted by atomic mass is 9.99. The lowest BCUT2D eigenvalue weighted by molar-refractivity contribution is -0.157. The van der Waals surface area contributed by atoms with E-state index in [4.69, 9.17) is 4.74 Å². The highest BCUT2D eigenvalue weighted by Gasteiger charge is 2.29. The van der Waals surface area contributed by atoms with E-state index in [-0.39, 0.29) is 12.8 Å². The first-order chi connectivity index (χ1) is 15.3. The number of fused-ring (bicyclic) bond motifs is 1. The number of hydrogen-bond acceptors (Lipinski definition) is 6. The molecule has 1 amide bonds. The maximum absolute atomic E-state index is 13.0. The van der Waals surface area contributed by atoms with Crippen molar-refractivity contribution in [2.75, 3.05) is 0 Å². The zero-order valence-corrected chi connectivity index (χ0v) is 17.4. The summed E-state index contributed by atoms with van der Waals surface area (Å²) in [5.74, 6) is -3.26. The van der Waals surface area contributed by atoms with Crippen LogP contribution in [0.25, 0.3) is 10.8 Å². The van der Waals surface area contributed by atoms with Crippen LogP contribution in [-0.2, 0) is 36.8 Å². The number of aromatic amines is 1. The Bertz CT molecular complexity index is 1120. The van der Waals surface area contributed by atoms with Crippen molar-refractivity contribution in [3.05, 3.63) is 66.2 Å². The Labute approximate surface area is 183 Å². The number of nitrogens with zero attached hydrogens (tertiary/aromatic N) is 1. The molecule has 0 aliphatic carbocycles. The quantitative estimate of drug-likeness (QED) is 0.325. The molecule has 3 aromatic rings. The van der Waals surface area contributed by atoms with E-state index in [1.165, 1.54) is 19.4 Å². The number of hydrogen-bond donors (Lipinski definition) is 3. The Balaban J connectivity index is 1.83. The maximum Gasteiger partial charge on any atom is 0.326 e. The number of nitrogens with one attached hydrogen (secondary N) is 2. The predicted octanol–water partition coefficient (Wildman–Crippen LogP) is 1.81. The van der Waals surface area contributed by atoms with Gasteiger partial charge in [0.1, 0.15) is 18.2 Å². The van der Waals surface area contributed by atoms with Crippen LogP contribution in [0.5, 0.6) is 0 Å². The first-order valence-electron chi connectivity index (χ1n) is 9.99. The third kappa shape index (κ3) is 6.00. The number of carbonyl (C=O) groups excluding carboxylic acids is 3.